The second kappa shape index (κ2) is 8.85. The first-order valence-electron chi connectivity index (χ1n) is 9.51. The summed E-state index contributed by atoms with van der Waals surface area (Å²) in [7, 11) is 1.68. The van der Waals surface area contributed by atoms with E-state index < -0.39 is 0 Å². The number of hydrogen-bond donors (Lipinski definition) is 2. The SMILES string of the molecule is COCCNc1nc(Nc2ccccc2C(C)(C)C)cc(-c2ccccc2)n1. The van der Waals surface area contributed by atoms with E-state index in [1.165, 1.54) is 5.56 Å². The van der Waals surface area contributed by atoms with Crippen LogP contribution in [-0.4, -0.2) is 30.2 Å². The number of para-hydroxylation sites is 1. The summed E-state index contributed by atoms with van der Waals surface area (Å²) in [5.41, 5.74) is 4.23. The van der Waals surface area contributed by atoms with Gasteiger partial charge in [-0.3, -0.25) is 0 Å². The van der Waals surface area contributed by atoms with E-state index in [0.717, 1.165) is 22.8 Å². The number of nitrogens with zero attached hydrogens (tertiary/aromatic N) is 2. The minimum Gasteiger partial charge on any atom is -0.383 e. The first-order valence-corrected chi connectivity index (χ1v) is 9.51. The molecule has 28 heavy (non-hydrogen) atoms. The molecule has 0 aliphatic heterocycles. The summed E-state index contributed by atoms with van der Waals surface area (Å²) in [5.74, 6) is 1.33. The van der Waals surface area contributed by atoms with Gasteiger partial charge >= 0.3 is 0 Å². The maximum Gasteiger partial charge on any atom is 0.225 e. The van der Waals surface area contributed by atoms with E-state index in [9.17, 15) is 0 Å². The Morgan fingerprint density at radius 3 is 2.36 bits per heavy atom. The Labute approximate surface area is 167 Å². The maximum absolute atomic E-state index is 5.12. The molecule has 1 heterocycles. The molecule has 0 aliphatic carbocycles. The zero-order valence-corrected chi connectivity index (χ0v) is 17.0. The molecule has 0 aliphatic rings. The third kappa shape index (κ3) is 5.08. The lowest BCUT2D eigenvalue weighted by atomic mass is 9.86. The molecule has 3 rings (SSSR count). The molecular formula is C23H28N4O. The van der Waals surface area contributed by atoms with Gasteiger partial charge in [0.15, 0.2) is 0 Å². The molecule has 5 heteroatoms. The Balaban J connectivity index is 1.97. The predicted octanol–water partition coefficient (Wildman–Crippen LogP) is 5.24. The van der Waals surface area contributed by atoms with Crippen molar-refractivity contribution in [2.24, 2.45) is 0 Å². The molecule has 0 bridgehead atoms. The average molecular weight is 377 g/mol. The zero-order valence-electron chi connectivity index (χ0n) is 17.0. The zero-order chi connectivity index (χ0) is 20.0. The van der Waals surface area contributed by atoms with Crippen LogP contribution in [0.25, 0.3) is 11.3 Å². The van der Waals surface area contributed by atoms with Crippen molar-refractivity contribution < 1.29 is 4.74 Å². The molecule has 146 valence electrons. The molecule has 1 aromatic heterocycles. The van der Waals surface area contributed by atoms with Crippen molar-refractivity contribution in [1.82, 2.24) is 9.97 Å². The molecule has 2 N–H and O–H groups in total. The summed E-state index contributed by atoms with van der Waals surface area (Å²) in [5, 5.41) is 6.74. The summed E-state index contributed by atoms with van der Waals surface area (Å²) in [4.78, 5) is 9.33. The van der Waals surface area contributed by atoms with Crippen LogP contribution in [0.15, 0.2) is 60.7 Å². The van der Waals surface area contributed by atoms with Crippen molar-refractivity contribution in [3.8, 4) is 11.3 Å². The van der Waals surface area contributed by atoms with Gasteiger partial charge in [0, 0.05) is 31.0 Å². The number of nitrogens with one attached hydrogen (secondary N) is 2. The van der Waals surface area contributed by atoms with Crippen LogP contribution in [0.1, 0.15) is 26.3 Å². The summed E-state index contributed by atoms with van der Waals surface area (Å²) in [6, 6.07) is 20.4. The molecule has 3 aromatic rings. The summed E-state index contributed by atoms with van der Waals surface area (Å²) in [6.45, 7) is 7.86. The van der Waals surface area contributed by atoms with Crippen LogP contribution >= 0.6 is 0 Å². The highest BCUT2D eigenvalue weighted by Crippen LogP contribution is 2.32. The molecule has 2 aromatic carbocycles. The number of hydrogen-bond acceptors (Lipinski definition) is 5. The van der Waals surface area contributed by atoms with Gasteiger partial charge in [0.05, 0.1) is 12.3 Å². The fraction of sp³-hybridized carbons (Fsp3) is 0.304. The lowest BCUT2D eigenvalue weighted by Crippen LogP contribution is -2.14. The van der Waals surface area contributed by atoms with Crippen molar-refractivity contribution >= 4 is 17.5 Å². The fourth-order valence-electron chi connectivity index (χ4n) is 3.00. The number of benzene rings is 2. The smallest absolute Gasteiger partial charge is 0.225 e. The molecule has 0 saturated heterocycles. The molecular weight excluding hydrogens is 348 g/mol. The highest BCUT2D eigenvalue weighted by atomic mass is 16.5. The molecule has 0 fully saturated rings. The Morgan fingerprint density at radius 1 is 0.929 bits per heavy atom. The summed E-state index contributed by atoms with van der Waals surface area (Å²) in [6.07, 6.45) is 0. The van der Waals surface area contributed by atoms with Gasteiger partial charge in [-0.1, -0.05) is 69.3 Å². The van der Waals surface area contributed by atoms with Crippen LogP contribution in [0.4, 0.5) is 17.5 Å². The van der Waals surface area contributed by atoms with Crippen LogP contribution in [0.5, 0.6) is 0 Å². The van der Waals surface area contributed by atoms with Gasteiger partial charge < -0.3 is 15.4 Å². The molecule has 0 radical (unpaired) electrons. The fourth-order valence-corrected chi connectivity index (χ4v) is 3.00. The Kier molecular flexibility index (Phi) is 6.26. The number of anilines is 3. The molecule has 0 spiro atoms. The first-order chi connectivity index (χ1) is 13.5. The van der Waals surface area contributed by atoms with E-state index in [2.05, 4.69) is 59.6 Å². The van der Waals surface area contributed by atoms with Crippen molar-refractivity contribution in [3.63, 3.8) is 0 Å². The van der Waals surface area contributed by atoms with Crippen LogP contribution in [-0.2, 0) is 10.2 Å². The predicted molar refractivity (Wildman–Crippen MR) is 116 cm³/mol. The van der Waals surface area contributed by atoms with E-state index in [1.807, 2.05) is 42.5 Å². The molecule has 0 atom stereocenters. The number of methoxy groups -OCH3 is 1. The monoisotopic (exact) mass is 376 g/mol. The highest BCUT2D eigenvalue weighted by Gasteiger charge is 2.18. The minimum atomic E-state index is 0.0262. The largest absolute Gasteiger partial charge is 0.383 e. The third-order valence-corrected chi connectivity index (χ3v) is 4.38. The van der Waals surface area contributed by atoms with E-state index >= 15 is 0 Å². The van der Waals surface area contributed by atoms with Crippen molar-refractivity contribution in [1.29, 1.82) is 0 Å². The number of ether oxygens (including phenoxy) is 1. The minimum absolute atomic E-state index is 0.0262. The van der Waals surface area contributed by atoms with Gasteiger partial charge in [0.1, 0.15) is 5.82 Å². The van der Waals surface area contributed by atoms with E-state index in [4.69, 9.17) is 4.74 Å². The maximum atomic E-state index is 5.12. The Hall–Kier alpha value is -2.92. The second-order valence-corrected chi connectivity index (χ2v) is 7.67. The number of aromatic nitrogens is 2. The van der Waals surface area contributed by atoms with Crippen molar-refractivity contribution in [2.75, 3.05) is 30.9 Å². The van der Waals surface area contributed by atoms with Crippen LogP contribution < -0.4 is 10.6 Å². The van der Waals surface area contributed by atoms with Crippen LogP contribution in [0, 0.1) is 0 Å². The van der Waals surface area contributed by atoms with E-state index in [1.54, 1.807) is 7.11 Å². The molecule has 0 saturated carbocycles. The molecule has 0 amide bonds. The van der Waals surface area contributed by atoms with Gasteiger partial charge in [-0.05, 0) is 17.0 Å². The average Bonchev–Trinajstić information content (AvgIpc) is 2.68. The van der Waals surface area contributed by atoms with Gasteiger partial charge in [-0.25, -0.2) is 4.98 Å². The summed E-state index contributed by atoms with van der Waals surface area (Å²) < 4.78 is 5.12. The standard InChI is InChI=1S/C23H28N4O/c1-23(2,3)18-12-8-9-13-19(18)25-21-16-20(17-10-6-5-7-11-17)26-22(27-21)24-14-15-28-4/h5-13,16H,14-15H2,1-4H3,(H2,24,25,26,27). The van der Waals surface area contributed by atoms with Crippen molar-refractivity contribution in [2.45, 2.75) is 26.2 Å². The van der Waals surface area contributed by atoms with Gasteiger partial charge in [-0.2, -0.15) is 4.98 Å². The third-order valence-electron chi connectivity index (χ3n) is 4.38. The summed E-state index contributed by atoms with van der Waals surface area (Å²) >= 11 is 0. The normalized spacial score (nSPS) is 11.3. The Morgan fingerprint density at radius 2 is 1.64 bits per heavy atom. The van der Waals surface area contributed by atoms with E-state index in [0.29, 0.717) is 19.1 Å². The van der Waals surface area contributed by atoms with E-state index in [-0.39, 0.29) is 5.41 Å². The molecule has 5 nitrogen and oxygen atoms in total. The quantitative estimate of drug-likeness (QED) is 0.552. The van der Waals surface area contributed by atoms with Gasteiger partial charge in [-0.15, -0.1) is 0 Å². The Bertz CT molecular complexity index is 904. The lowest BCUT2D eigenvalue weighted by molar-refractivity contribution is 0.210. The van der Waals surface area contributed by atoms with Crippen molar-refractivity contribution in [3.05, 3.63) is 66.2 Å². The van der Waals surface area contributed by atoms with Crippen LogP contribution in [0.2, 0.25) is 0 Å². The van der Waals surface area contributed by atoms with Crippen LogP contribution in [0.3, 0.4) is 0 Å². The topological polar surface area (TPSA) is 59.1 Å². The second-order valence-electron chi connectivity index (χ2n) is 7.67. The molecule has 0 unspecified atom stereocenters. The number of rotatable bonds is 7. The first kappa shape index (κ1) is 19.8. The lowest BCUT2D eigenvalue weighted by Gasteiger charge is -2.23. The highest BCUT2D eigenvalue weighted by molar-refractivity contribution is 5.69. The van der Waals surface area contributed by atoms with Gasteiger partial charge in [0.2, 0.25) is 5.95 Å². The van der Waals surface area contributed by atoms with Gasteiger partial charge in [0.25, 0.3) is 0 Å².